The molecular weight excluding hydrogens is 307 g/mol. The van der Waals surface area contributed by atoms with Crippen molar-refractivity contribution in [1.82, 2.24) is 25.4 Å². The molecule has 1 aromatic carbocycles. The fraction of sp³-hybridized carbons (Fsp3) is 0.294. The zero-order valence-corrected chi connectivity index (χ0v) is 13.6. The van der Waals surface area contributed by atoms with Gasteiger partial charge >= 0.3 is 0 Å². The largest absolute Gasteiger partial charge is 0.361 e. The van der Waals surface area contributed by atoms with Crippen molar-refractivity contribution < 1.29 is 4.39 Å². The number of H-pyrrole nitrogens is 1. The number of guanidine groups is 1. The number of hydrogen-bond acceptors (Lipinski definition) is 2. The smallest absolute Gasteiger partial charge is 0.191 e. The van der Waals surface area contributed by atoms with Crippen LogP contribution in [0.5, 0.6) is 0 Å². The number of aliphatic imine (C=N–C) groups is 1. The number of halogens is 1. The minimum absolute atomic E-state index is 0.226. The Morgan fingerprint density at radius 3 is 3.00 bits per heavy atom. The second kappa shape index (κ2) is 7.63. The molecule has 0 atom stereocenters. The lowest BCUT2D eigenvalue weighted by atomic mass is 10.1. The Kier molecular flexibility index (Phi) is 5.10. The first-order valence-electron chi connectivity index (χ1n) is 7.94. The summed E-state index contributed by atoms with van der Waals surface area (Å²) < 4.78 is 15.1. The van der Waals surface area contributed by atoms with Gasteiger partial charge in [-0.15, -0.1) is 0 Å². The highest BCUT2D eigenvalue weighted by molar-refractivity contribution is 5.83. The topological polar surface area (TPSA) is 70.0 Å². The quantitative estimate of drug-likeness (QED) is 0.478. The summed E-state index contributed by atoms with van der Waals surface area (Å²) in [6.45, 7) is 2.27. The molecule has 0 bridgehead atoms. The highest BCUT2D eigenvalue weighted by Crippen LogP contribution is 2.19. The number of nitrogens with zero attached hydrogens (tertiary/aromatic N) is 3. The summed E-state index contributed by atoms with van der Waals surface area (Å²) in [6, 6.07) is 6.72. The van der Waals surface area contributed by atoms with Crippen molar-refractivity contribution in [2.45, 2.75) is 13.0 Å². The molecule has 0 spiro atoms. The Labute approximate surface area is 139 Å². The summed E-state index contributed by atoms with van der Waals surface area (Å²) in [5.41, 5.74) is 1.98. The molecule has 0 saturated carbocycles. The molecule has 0 fully saturated rings. The third-order valence-corrected chi connectivity index (χ3v) is 3.83. The summed E-state index contributed by atoms with van der Waals surface area (Å²) in [6.07, 6.45) is 6.45. The van der Waals surface area contributed by atoms with E-state index in [-0.39, 0.29) is 5.82 Å². The fourth-order valence-corrected chi connectivity index (χ4v) is 2.62. The second-order valence-corrected chi connectivity index (χ2v) is 5.45. The maximum absolute atomic E-state index is 13.2. The van der Waals surface area contributed by atoms with E-state index in [1.54, 1.807) is 13.2 Å². The molecule has 0 saturated heterocycles. The first-order chi connectivity index (χ1) is 11.8. The van der Waals surface area contributed by atoms with Gasteiger partial charge in [0, 0.05) is 49.6 Å². The normalized spacial score (nSPS) is 11.8. The van der Waals surface area contributed by atoms with Crippen LogP contribution in [0.1, 0.15) is 5.56 Å². The average Bonchev–Trinajstić information content (AvgIpc) is 3.23. The van der Waals surface area contributed by atoms with E-state index in [4.69, 9.17) is 0 Å². The third kappa shape index (κ3) is 3.92. The van der Waals surface area contributed by atoms with Gasteiger partial charge in [-0.2, -0.15) is 5.10 Å². The monoisotopic (exact) mass is 328 g/mol. The number of rotatable bonds is 6. The van der Waals surface area contributed by atoms with E-state index in [9.17, 15) is 4.39 Å². The van der Waals surface area contributed by atoms with E-state index in [0.29, 0.717) is 0 Å². The van der Waals surface area contributed by atoms with Crippen LogP contribution in [0, 0.1) is 5.82 Å². The van der Waals surface area contributed by atoms with Crippen LogP contribution in [-0.4, -0.2) is 40.9 Å². The van der Waals surface area contributed by atoms with E-state index in [2.05, 4.69) is 25.7 Å². The van der Waals surface area contributed by atoms with Crippen LogP contribution in [0.15, 0.2) is 47.8 Å². The number of aromatic amines is 1. The summed E-state index contributed by atoms with van der Waals surface area (Å²) in [5, 5.41) is 11.7. The molecule has 0 unspecified atom stereocenters. The van der Waals surface area contributed by atoms with Crippen LogP contribution in [0.3, 0.4) is 0 Å². The molecule has 126 valence electrons. The molecule has 2 heterocycles. The van der Waals surface area contributed by atoms with Crippen LogP contribution in [0.4, 0.5) is 4.39 Å². The predicted octanol–water partition coefficient (Wildman–Crippen LogP) is 1.91. The first-order valence-corrected chi connectivity index (χ1v) is 7.94. The molecule has 3 aromatic rings. The van der Waals surface area contributed by atoms with E-state index in [1.165, 1.54) is 12.1 Å². The van der Waals surface area contributed by atoms with Gasteiger partial charge in [-0.25, -0.2) is 4.39 Å². The predicted molar refractivity (Wildman–Crippen MR) is 93.6 cm³/mol. The molecule has 6 nitrogen and oxygen atoms in total. The Balaban J connectivity index is 1.47. The van der Waals surface area contributed by atoms with Gasteiger partial charge in [0.25, 0.3) is 0 Å². The van der Waals surface area contributed by atoms with Crippen molar-refractivity contribution in [3.05, 3.63) is 54.2 Å². The van der Waals surface area contributed by atoms with Crippen molar-refractivity contribution in [3.8, 4) is 0 Å². The lowest BCUT2D eigenvalue weighted by molar-refractivity contribution is 0.598. The molecular formula is C17H21FN6. The third-order valence-electron chi connectivity index (χ3n) is 3.83. The van der Waals surface area contributed by atoms with Crippen molar-refractivity contribution in [1.29, 1.82) is 0 Å². The number of hydrogen-bond donors (Lipinski definition) is 3. The molecule has 24 heavy (non-hydrogen) atoms. The van der Waals surface area contributed by atoms with Gasteiger partial charge in [-0.3, -0.25) is 9.67 Å². The molecule has 3 rings (SSSR count). The number of nitrogens with one attached hydrogen (secondary N) is 3. The number of aromatic nitrogens is 3. The lowest BCUT2D eigenvalue weighted by Gasteiger charge is -2.11. The minimum atomic E-state index is -0.226. The number of fused-ring (bicyclic) bond motifs is 1. The summed E-state index contributed by atoms with van der Waals surface area (Å²) in [7, 11) is 1.75. The van der Waals surface area contributed by atoms with Gasteiger partial charge in [-0.05, 0) is 36.2 Å². The minimum Gasteiger partial charge on any atom is -0.361 e. The van der Waals surface area contributed by atoms with Crippen LogP contribution in [0.25, 0.3) is 10.9 Å². The fourth-order valence-electron chi connectivity index (χ4n) is 2.62. The van der Waals surface area contributed by atoms with Gasteiger partial charge < -0.3 is 15.6 Å². The van der Waals surface area contributed by atoms with Gasteiger partial charge in [-0.1, -0.05) is 0 Å². The SMILES string of the molecule is CN=C(NCCc1c[nH]c2cc(F)ccc12)NCCn1cccn1. The van der Waals surface area contributed by atoms with Crippen LogP contribution in [0.2, 0.25) is 0 Å². The maximum atomic E-state index is 13.2. The molecule has 7 heteroatoms. The molecule has 0 aliphatic heterocycles. The molecule has 3 N–H and O–H groups in total. The average molecular weight is 328 g/mol. The Hall–Kier alpha value is -2.83. The van der Waals surface area contributed by atoms with Gasteiger partial charge in [0.05, 0.1) is 6.54 Å². The van der Waals surface area contributed by atoms with E-state index in [1.807, 2.05) is 29.2 Å². The first kappa shape index (κ1) is 16.0. The van der Waals surface area contributed by atoms with Gasteiger partial charge in [0.2, 0.25) is 0 Å². The van der Waals surface area contributed by atoms with Crippen LogP contribution >= 0.6 is 0 Å². The van der Waals surface area contributed by atoms with E-state index >= 15 is 0 Å². The Morgan fingerprint density at radius 1 is 1.33 bits per heavy atom. The summed E-state index contributed by atoms with van der Waals surface area (Å²) in [4.78, 5) is 7.31. The molecule has 2 aromatic heterocycles. The van der Waals surface area contributed by atoms with Gasteiger partial charge in [0.1, 0.15) is 5.82 Å². The highest BCUT2D eigenvalue weighted by Gasteiger charge is 2.05. The van der Waals surface area contributed by atoms with Crippen LogP contribution in [-0.2, 0) is 13.0 Å². The maximum Gasteiger partial charge on any atom is 0.191 e. The van der Waals surface area contributed by atoms with E-state index in [0.717, 1.165) is 48.5 Å². The standard InChI is InChI=1S/C17H21FN6/c1-19-17(21-8-10-24-9-2-6-23-24)20-7-5-13-12-22-16-11-14(18)3-4-15(13)16/h2-4,6,9,11-12,22H,5,7-8,10H2,1H3,(H2,19,20,21). The molecule has 0 radical (unpaired) electrons. The Morgan fingerprint density at radius 2 is 2.21 bits per heavy atom. The zero-order valence-electron chi connectivity index (χ0n) is 13.6. The lowest BCUT2D eigenvalue weighted by Crippen LogP contribution is -2.39. The van der Waals surface area contributed by atoms with Crippen molar-refractivity contribution in [2.75, 3.05) is 20.1 Å². The van der Waals surface area contributed by atoms with Gasteiger partial charge in [0.15, 0.2) is 5.96 Å². The zero-order chi connectivity index (χ0) is 16.8. The number of benzene rings is 1. The van der Waals surface area contributed by atoms with Crippen molar-refractivity contribution in [2.24, 2.45) is 4.99 Å². The Bertz CT molecular complexity index is 806. The second-order valence-electron chi connectivity index (χ2n) is 5.45. The molecule has 0 amide bonds. The highest BCUT2D eigenvalue weighted by atomic mass is 19.1. The van der Waals surface area contributed by atoms with E-state index < -0.39 is 0 Å². The van der Waals surface area contributed by atoms with Crippen LogP contribution < -0.4 is 10.6 Å². The van der Waals surface area contributed by atoms with Crippen molar-refractivity contribution in [3.63, 3.8) is 0 Å². The van der Waals surface area contributed by atoms with Crippen molar-refractivity contribution >= 4 is 16.9 Å². The molecule has 0 aliphatic carbocycles. The summed E-state index contributed by atoms with van der Waals surface area (Å²) in [5.74, 6) is 0.531. The summed E-state index contributed by atoms with van der Waals surface area (Å²) >= 11 is 0. The molecule has 0 aliphatic rings.